The highest BCUT2D eigenvalue weighted by molar-refractivity contribution is 6.31. The number of fused-ring (bicyclic) bond motifs is 1. The Hall–Kier alpha value is -1.94. The molecule has 3 rings (SSSR count). The fraction of sp³-hybridized carbons (Fsp3) is 0.0667. The number of nitrogens with one attached hydrogen (secondary N) is 1. The van der Waals surface area contributed by atoms with Crippen molar-refractivity contribution < 1.29 is 13.2 Å². The highest BCUT2D eigenvalue weighted by Crippen LogP contribution is 2.41. The van der Waals surface area contributed by atoms with Crippen molar-refractivity contribution >= 4 is 22.5 Å². The maximum absolute atomic E-state index is 13.2. The fourth-order valence-corrected chi connectivity index (χ4v) is 2.45. The molecule has 0 spiro atoms. The minimum Gasteiger partial charge on any atom is -0.350 e. The van der Waals surface area contributed by atoms with Gasteiger partial charge in [0.05, 0.1) is 0 Å². The molecule has 1 aromatic heterocycles. The quantitative estimate of drug-likeness (QED) is 0.609. The summed E-state index contributed by atoms with van der Waals surface area (Å²) in [5.74, 6) is 0. The van der Waals surface area contributed by atoms with Crippen LogP contribution in [0.25, 0.3) is 22.0 Å². The van der Waals surface area contributed by atoms with Gasteiger partial charge in [-0.05, 0) is 23.8 Å². The van der Waals surface area contributed by atoms with Gasteiger partial charge in [0, 0.05) is 21.5 Å². The van der Waals surface area contributed by atoms with Crippen LogP contribution in [0.2, 0.25) is 5.02 Å². The van der Waals surface area contributed by atoms with Crippen LogP contribution >= 0.6 is 11.6 Å². The van der Waals surface area contributed by atoms with E-state index in [1.54, 1.807) is 48.5 Å². The van der Waals surface area contributed by atoms with Gasteiger partial charge in [0.15, 0.2) is 0 Å². The molecule has 0 unspecified atom stereocenters. The maximum Gasteiger partial charge on any atom is 0.431 e. The number of benzene rings is 2. The smallest absolute Gasteiger partial charge is 0.350 e. The SMILES string of the molecule is FC(F)(F)c1[nH]c2ccc(Cl)cc2c1-c1ccccc1. The predicted octanol–water partition coefficient (Wildman–Crippen LogP) is 5.51. The van der Waals surface area contributed by atoms with Crippen molar-refractivity contribution in [1.82, 2.24) is 4.98 Å². The summed E-state index contributed by atoms with van der Waals surface area (Å²) in [5, 5.41) is 0.874. The van der Waals surface area contributed by atoms with Gasteiger partial charge in [-0.1, -0.05) is 41.9 Å². The van der Waals surface area contributed by atoms with Crippen LogP contribution in [0.3, 0.4) is 0 Å². The Balaban J connectivity index is 2.40. The number of alkyl halides is 3. The molecular weight excluding hydrogens is 287 g/mol. The first-order chi connectivity index (χ1) is 9.47. The Kier molecular flexibility index (Phi) is 2.98. The lowest BCUT2D eigenvalue weighted by Gasteiger charge is -2.08. The minimum absolute atomic E-state index is 0.135. The van der Waals surface area contributed by atoms with E-state index in [2.05, 4.69) is 4.98 Å². The average Bonchev–Trinajstić information content (AvgIpc) is 2.78. The molecule has 20 heavy (non-hydrogen) atoms. The van der Waals surface area contributed by atoms with Gasteiger partial charge in [-0.2, -0.15) is 13.2 Å². The monoisotopic (exact) mass is 295 g/mol. The first-order valence-corrected chi connectivity index (χ1v) is 6.28. The Labute approximate surface area is 118 Å². The first-order valence-electron chi connectivity index (χ1n) is 5.90. The fourth-order valence-electron chi connectivity index (χ4n) is 2.28. The largest absolute Gasteiger partial charge is 0.431 e. The van der Waals surface area contributed by atoms with Crippen molar-refractivity contribution in [3.63, 3.8) is 0 Å². The van der Waals surface area contributed by atoms with Crippen molar-refractivity contribution in [2.24, 2.45) is 0 Å². The Morgan fingerprint density at radius 1 is 0.950 bits per heavy atom. The minimum atomic E-state index is -4.45. The number of hydrogen-bond acceptors (Lipinski definition) is 0. The van der Waals surface area contributed by atoms with Gasteiger partial charge in [0.25, 0.3) is 0 Å². The first kappa shape index (κ1) is 13.1. The summed E-state index contributed by atoms with van der Waals surface area (Å²) >= 11 is 5.91. The zero-order valence-electron chi connectivity index (χ0n) is 10.1. The molecule has 1 heterocycles. The molecule has 0 saturated carbocycles. The number of aromatic amines is 1. The van der Waals surface area contributed by atoms with Crippen molar-refractivity contribution in [3.05, 3.63) is 59.2 Å². The molecule has 2 aromatic carbocycles. The van der Waals surface area contributed by atoms with Gasteiger partial charge in [-0.3, -0.25) is 0 Å². The average molecular weight is 296 g/mol. The van der Waals surface area contributed by atoms with E-state index in [1.807, 2.05) is 0 Å². The summed E-state index contributed by atoms with van der Waals surface area (Å²) in [7, 11) is 0. The van der Waals surface area contributed by atoms with E-state index in [9.17, 15) is 13.2 Å². The standard InChI is InChI=1S/C15H9ClF3N/c16-10-6-7-12-11(8-10)13(9-4-2-1-3-5-9)14(20-12)15(17,18)19/h1-8,20H. The Morgan fingerprint density at radius 3 is 2.30 bits per heavy atom. The number of hydrogen-bond donors (Lipinski definition) is 1. The van der Waals surface area contributed by atoms with Gasteiger partial charge < -0.3 is 4.98 Å². The van der Waals surface area contributed by atoms with Crippen LogP contribution in [-0.2, 0) is 6.18 Å². The van der Waals surface area contributed by atoms with Crippen molar-refractivity contribution in [2.45, 2.75) is 6.18 Å². The Bertz CT molecular complexity index is 760. The molecule has 0 aliphatic heterocycles. The summed E-state index contributed by atoms with van der Waals surface area (Å²) in [6.07, 6.45) is -4.45. The van der Waals surface area contributed by atoms with Crippen molar-refractivity contribution in [2.75, 3.05) is 0 Å². The third kappa shape index (κ3) is 2.16. The van der Waals surface area contributed by atoms with Crippen LogP contribution in [0, 0.1) is 0 Å². The zero-order chi connectivity index (χ0) is 14.3. The molecule has 1 nitrogen and oxygen atoms in total. The molecule has 0 saturated heterocycles. The molecule has 0 aliphatic carbocycles. The van der Waals surface area contributed by atoms with E-state index < -0.39 is 11.9 Å². The lowest BCUT2D eigenvalue weighted by Crippen LogP contribution is -2.07. The summed E-state index contributed by atoms with van der Waals surface area (Å²) in [4.78, 5) is 2.45. The van der Waals surface area contributed by atoms with Gasteiger partial charge in [0.2, 0.25) is 0 Å². The number of halogens is 4. The van der Waals surface area contributed by atoms with Crippen LogP contribution in [0.15, 0.2) is 48.5 Å². The molecule has 3 aromatic rings. The van der Waals surface area contributed by atoms with Crippen LogP contribution in [0.4, 0.5) is 13.2 Å². The molecule has 0 aliphatic rings. The normalized spacial score (nSPS) is 12.0. The number of H-pyrrole nitrogens is 1. The second-order valence-corrected chi connectivity index (χ2v) is 4.87. The molecule has 0 fully saturated rings. The van der Waals surface area contributed by atoms with Gasteiger partial charge in [0.1, 0.15) is 5.69 Å². The van der Waals surface area contributed by atoms with E-state index >= 15 is 0 Å². The van der Waals surface area contributed by atoms with Gasteiger partial charge in [-0.25, -0.2) is 0 Å². The third-order valence-corrected chi connectivity index (χ3v) is 3.34. The van der Waals surface area contributed by atoms with E-state index in [4.69, 9.17) is 11.6 Å². The maximum atomic E-state index is 13.2. The van der Waals surface area contributed by atoms with Gasteiger partial charge >= 0.3 is 6.18 Å². The number of aromatic nitrogens is 1. The van der Waals surface area contributed by atoms with E-state index in [0.29, 0.717) is 21.5 Å². The summed E-state index contributed by atoms with van der Waals surface area (Å²) in [6.45, 7) is 0. The summed E-state index contributed by atoms with van der Waals surface area (Å²) in [5.41, 5.74) is 0.311. The molecule has 102 valence electrons. The molecule has 5 heteroatoms. The zero-order valence-corrected chi connectivity index (χ0v) is 10.9. The highest BCUT2D eigenvalue weighted by atomic mass is 35.5. The van der Waals surface area contributed by atoms with Crippen LogP contribution in [0.5, 0.6) is 0 Å². The van der Waals surface area contributed by atoms with E-state index in [-0.39, 0.29) is 5.56 Å². The van der Waals surface area contributed by atoms with Crippen LogP contribution < -0.4 is 0 Å². The Morgan fingerprint density at radius 2 is 1.65 bits per heavy atom. The highest BCUT2D eigenvalue weighted by Gasteiger charge is 2.36. The second-order valence-electron chi connectivity index (χ2n) is 4.43. The molecule has 0 bridgehead atoms. The lowest BCUT2D eigenvalue weighted by molar-refractivity contribution is -0.140. The van der Waals surface area contributed by atoms with Crippen LogP contribution in [-0.4, -0.2) is 4.98 Å². The number of rotatable bonds is 1. The van der Waals surface area contributed by atoms with Crippen molar-refractivity contribution in [3.8, 4) is 11.1 Å². The van der Waals surface area contributed by atoms with Crippen molar-refractivity contribution in [1.29, 1.82) is 0 Å². The van der Waals surface area contributed by atoms with E-state index in [0.717, 1.165) is 0 Å². The second kappa shape index (κ2) is 4.56. The van der Waals surface area contributed by atoms with Gasteiger partial charge in [-0.15, -0.1) is 0 Å². The summed E-state index contributed by atoms with van der Waals surface area (Å²) < 4.78 is 39.6. The van der Waals surface area contributed by atoms with E-state index in [1.165, 1.54) is 0 Å². The topological polar surface area (TPSA) is 15.8 Å². The molecule has 0 amide bonds. The molecule has 0 radical (unpaired) electrons. The van der Waals surface area contributed by atoms with Crippen LogP contribution in [0.1, 0.15) is 5.69 Å². The molecule has 1 N–H and O–H groups in total. The predicted molar refractivity (Wildman–Crippen MR) is 73.7 cm³/mol. The molecule has 0 atom stereocenters. The third-order valence-electron chi connectivity index (χ3n) is 3.11. The molecular formula is C15H9ClF3N. The summed E-state index contributed by atoms with van der Waals surface area (Å²) in [6, 6.07) is 13.1. The lowest BCUT2D eigenvalue weighted by atomic mass is 10.0.